The molecule has 0 heterocycles. The summed E-state index contributed by atoms with van der Waals surface area (Å²) in [5.74, 6) is 0.901. The molecule has 0 saturated heterocycles. The lowest BCUT2D eigenvalue weighted by molar-refractivity contribution is -0.131. The van der Waals surface area contributed by atoms with Gasteiger partial charge in [0, 0.05) is 12.7 Å². The summed E-state index contributed by atoms with van der Waals surface area (Å²) in [5.41, 5.74) is 7.83. The Bertz CT molecular complexity index is 698. The van der Waals surface area contributed by atoms with Gasteiger partial charge in [0.15, 0.2) is 5.17 Å². The zero-order valence-electron chi connectivity index (χ0n) is 12.7. The summed E-state index contributed by atoms with van der Waals surface area (Å²) in [6, 6.07) is 17.0. The molecule has 6 heteroatoms. The van der Waals surface area contributed by atoms with E-state index in [1.165, 1.54) is 24.2 Å². The van der Waals surface area contributed by atoms with Gasteiger partial charge in [0.2, 0.25) is 0 Å². The fraction of sp³-hybridized carbons (Fsp3) is 0.118. The lowest BCUT2D eigenvalue weighted by Gasteiger charge is -2.00. The molecule has 0 saturated carbocycles. The number of hydrogen-bond acceptors (Lipinski definition) is 5. The monoisotopic (exact) mass is 327 g/mol. The van der Waals surface area contributed by atoms with Crippen molar-refractivity contribution in [3.63, 3.8) is 0 Å². The van der Waals surface area contributed by atoms with Gasteiger partial charge < -0.3 is 10.5 Å². The molecule has 0 amide bonds. The molecule has 2 rings (SSSR count). The minimum absolute atomic E-state index is 0.348. The molecule has 5 nitrogen and oxygen atoms in total. The number of ether oxygens (including phenoxy) is 1. The van der Waals surface area contributed by atoms with E-state index < -0.39 is 0 Å². The van der Waals surface area contributed by atoms with E-state index in [1.54, 1.807) is 30.5 Å². The molecule has 0 bridgehead atoms. The van der Waals surface area contributed by atoms with E-state index in [0.717, 1.165) is 11.3 Å². The van der Waals surface area contributed by atoms with E-state index >= 15 is 0 Å². The van der Waals surface area contributed by atoms with Crippen LogP contribution >= 0.6 is 11.8 Å². The second kappa shape index (κ2) is 8.75. The molecule has 118 valence electrons. The maximum absolute atomic E-state index is 10.8. The molecule has 0 aromatic heterocycles. The summed E-state index contributed by atoms with van der Waals surface area (Å²) in [6.45, 7) is 1.36. The first kappa shape index (κ1) is 16.8. The average molecular weight is 327 g/mol. The lowest BCUT2D eigenvalue weighted by atomic mass is 10.2. The molecule has 0 aliphatic rings. The number of esters is 1. The third-order valence-corrected chi connectivity index (χ3v) is 3.59. The van der Waals surface area contributed by atoms with Crippen LogP contribution in [0.25, 0.3) is 0 Å². The number of nitrogens with two attached hydrogens (primary N) is 1. The molecule has 2 aromatic rings. The first-order valence-corrected chi connectivity index (χ1v) is 7.94. The number of rotatable bonds is 5. The highest BCUT2D eigenvalue weighted by atomic mass is 32.2. The Morgan fingerprint density at radius 1 is 1.17 bits per heavy atom. The Labute approximate surface area is 139 Å². The fourth-order valence-electron chi connectivity index (χ4n) is 1.70. The second-order valence-corrected chi connectivity index (χ2v) is 5.62. The van der Waals surface area contributed by atoms with Gasteiger partial charge in [0.1, 0.15) is 5.75 Å². The molecule has 2 aromatic carbocycles. The summed E-state index contributed by atoms with van der Waals surface area (Å²) in [7, 11) is 0. The number of carbonyl (C=O) groups excluding carboxylic acids is 1. The van der Waals surface area contributed by atoms with E-state index in [0.29, 0.717) is 10.9 Å². The van der Waals surface area contributed by atoms with Gasteiger partial charge in [0.25, 0.3) is 0 Å². The standard InChI is InChI=1S/C17H17N3O2S/c1-13(21)22-16-9-7-14(8-10-16)11-19-20-17(18)23-12-15-5-3-2-4-6-15/h2-11H,12H2,1H3,(H2,18,20). The van der Waals surface area contributed by atoms with Gasteiger partial charge in [-0.2, -0.15) is 5.10 Å². The predicted octanol–water partition coefficient (Wildman–Crippen LogP) is 3.19. The fourth-order valence-corrected chi connectivity index (χ4v) is 2.31. The molecule has 0 spiro atoms. The minimum atomic E-state index is -0.348. The molecule has 0 aliphatic carbocycles. The van der Waals surface area contributed by atoms with Crippen molar-refractivity contribution >= 4 is 29.1 Å². The van der Waals surface area contributed by atoms with Crippen molar-refractivity contribution in [2.45, 2.75) is 12.7 Å². The van der Waals surface area contributed by atoms with Gasteiger partial charge in [-0.1, -0.05) is 42.1 Å². The summed E-state index contributed by atoms with van der Waals surface area (Å²) in [6.07, 6.45) is 1.59. The number of hydrogen-bond donors (Lipinski definition) is 1. The van der Waals surface area contributed by atoms with E-state index in [-0.39, 0.29) is 5.97 Å². The van der Waals surface area contributed by atoms with Crippen LogP contribution < -0.4 is 10.5 Å². The van der Waals surface area contributed by atoms with Gasteiger partial charge in [-0.15, -0.1) is 5.10 Å². The Hall–Kier alpha value is -2.60. The van der Waals surface area contributed by atoms with Crippen molar-refractivity contribution in [3.05, 3.63) is 65.7 Å². The van der Waals surface area contributed by atoms with Gasteiger partial charge in [-0.05, 0) is 35.4 Å². The molecule has 0 unspecified atom stereocenters. The van der Waals surface area contributed by atoms with Gasteiger partial charge in [-0.25, -0.2) is 0 Å². The molecule has 0 fully saturated rings. The topological polar surface area (TPSA) is 77.0 Å². The summed E-state index contributed by atoms with van der Waals surface area (Å²) in [5, 5.41) is 8.30. The third kappa shape index (κ3) is 6.36. The van der Waals surface area contributed by atoms with Crippen LogP contribution in [0.15, 0.2) is 64.8 Å². The van der Waals surface area contributed by atoms with Gasteiger partial charge >= 0.3 is 5.97 Å². The number of benzene rings is 2. The Kier molecular flexibility index (Phi) is 6.38. The minimum Gasteiger partial charge on any atom is -0.427 e. The van der Waals surface area contributed by atoms with E-state index in [1.807, 2.05) is 30.3 Å². The number of nitrogens with zero attached hydrogens (tertiary/aromatic N) is 2. The smallest absolute Gasteiger partial charge is 0.308 e. The van der Waals surface area contributed by atoms with Crippen LogP contribution in [0.2, 0.25) is 0 Å². The van der Waals surface area contributed by atoms with Crippen molar-refractivity contribution in [1.82, 2.24) is 0 Å². The van der Waals surface area contributed by atoms with Crippen LogP contribution in [-0.2, 0) is 10.5 Å². The van der Waals surface area contributed by atoms with Gasteiger partial charge in [-0.3, -0.25) is 4.79 Å². The van der Waals surface area contributed by atoms with E-state index in [4.69, 9.17) is 10.5 Å². The number of carbonyl (C=O) groups is 1. The Morgan fingerprint density at radius 3 is 2.52 bits per heavy atom. The molecule has 23 heavy (non-hydrogen) atoms. The van der Waals surface area contributed by atoms with Crippen molar-refractivity contribution in [2.24, 2.45) is 15.9 Å². The number of thioether (sulfide) groups is 1. The van der Waals surface area contributed by atoms with Crippen molar-refractivity contribution < 1.29 is 9.53 Å². The normalized spacial score (nSPS) is 11.6. The Balaban J connectivity index is 1.85. The van der Waals surface area contributed by atoms with Crippen molar-refractivity contribution in [1.29, 1.82) is 0 Å². The zero-order valence-corrected chi connectivity index (χ0v) is 13.5. The summed E-state index contributed by atoms with van der Waals surface area (Å²) >= 11 is 1.43. The quantitative estimate of drug-likeness (QED) is 0.301. The van der Waals surface area contributed by atoms with Crippen LogP contribution in [0, 0.1) is 0 Å². The van der Waals surface area contributed by atoms with Gasteiger partial charge in [0.05, 0.1) is 6.21 Å². The SMILES string of the molecule is CC(=O)Oc1ccc(C=NN=C(N)SCc2ccccc2)cc1. The van der Waals surface area contributed by atoms with E-state index in [9.17, 15) is 4.79 Å². The molecular formula is C17H17N3O2S. The first-order valence-electron chi connectivity index (χ1n) is 6.95. The Morgan fingerprint density at radius 2 is 1.87 bits per heavy atom. The van der Waals surface area contributed by atoms with Crippen LogP contribution in [-0.4, -0.2) is 17.4 Å². The maximum Gasteiger partial charge on any atom is 0.308 e. The molecule has 0 aliphatic heterocycles. The highest BCUT2D eigenvalue weighted by Crippen LogP contribution is 2.12. The summed E-state index contributed by atoms with van der Waals surface area (Å²) < 4.78 is 4.95. The van der Waals surface area contributed by atoms with Crippen LogP contribution in [0.4, 0.5) is 0 Å². The van der Waals surface area contributed by atoms with Crippen molar-refractivity contribution in [2.75, 3.05) is 0 Å². The van der Waals surface area contributed by atoms with Crippen LogP contribution in [0.1, 0.15) is 18.1 Å². The highest BCUT2D eigenvalue weighted by molar-refractivity contribution is 8.13. The number of amidine groups is 1. The molecular weight excluding hydrogens is 310 g/mol. The highest BCUT2D eigenvalue weighted by Gasteiger charge is 1.98. The summed E-state index contributed by atoms with van der Waals surface area (Å²) in [4.78, 5) is 10.8. The van der Waals surface area contributed by atoms with Crippen molar-refractivity contribution in [3.8, 4) is 5.75 Å². The van der Waals surface area contributed by atoms with Crippen LogP contribution in [0.5, 0.6) is 5.75 Å². The molecule has 0 radical (unpaired) electrons. The molecule has 0 atom stereocenters. The third-order valence-electron chi connectivity index (χ3n) is 2.73. The second-order valence-electron chi connectivity index (χ2n) is 4.62. The zero-order chi connectivity index (χ0) is 16.5. The van der Waals surface area contributed by atoms with Crippen LogP contribution in [0.3, 0.4) is 0 Å². The molecule has 2 N–H and O–H groups in total. The average Bonchev–Trinajstić information content (AvgIpc) is 2.55. The largest absolute Gasteiger partial charge is 0.427 e. The predicted molar refractivity (Wildman–Crippen MR) is 94.7 cm³/mol. The lowest BCUT2D eigenvalue weighted by Crippen LogP contribution is -2.06. The first-order chi connectivity index (χ1) is 11.1. The maximum atomic E-state index is 10.8. The van der Waals surface area contributed by atoms with E-state index in [2.05, 4.69) is 10.2 Å².